The van der Waals surface area contributed by atoms with E-state index >= 15 is 0 Å². The maximum absolute atomic E-state index is 12.8. The summed E-state index contributed by atoms with van der Waals surface area (Å²) in [6, 6.07) is 13.9. The minimum absolute atomic E-state index is 0.0234. The highest BCUT2D eigenvalue weighted by molar-refractivity contribution is 9.10. The summed E-state index contributed by atoms with van der Waals surface area (Å²) < 4.78 is 5.81. The van der Waals surface area contributed by atoms with Crippen LogP contribution in [0, 0.1) is 0 Å². The predicted molar refractivity (Wildman–Crippen MR) is 109 cm³/mol. The lowest BCUT2D eigenvalue weighted by Crippen LogP contribution is -2.36. The van der Waals surface area contributed by atoms with Crippen molar-refractivity contribution in [1.29, 1.82) is 0 Å². The molecule has 3 aromatic rings. The number of ether oxygens (including phenoxy) is 1. The van der Waals surface area contributed by atoms with Crippen molar-refractivity contribution in [2.75, 3.05) is 6.61 Å². The van der Waals surface area contributed by atoms with Gasteiger partial charge in [-0.1, -0.05) is 24.3 Å². The summed E-state index contributed by atoms with van der Waals surface area (Å²) in [7, 11) is 0. The minimum Gasteiger partial charge on any atom is -0.503 e. The molecule has 4 rings (SSSR count). The van der Waals surface area contributed by atoms with Gasteiger partial charge in [0.25, 0.3) is 11.8 Å². The van der Waals surface area contributed by atoms with Crippen LogP contribution in [0.5, 0.6) is 11.5 Å². The Bertz CT molecular complexity index is 1110. The van der Waals surface area contributed by atoms with Crippen LogP contribution in [-0.4, -0.2) is 34.8 Å². The zero-order valence-corrected chi connectivity index (χ0v) is 16.4. The van der Waals surface area contributed by atoms with Gasteiger partial charge in [-0.2, -0.15) is 10.1 Å². The third-order valence-corrected chi connectivity index (χ3v) is 5.03. The van der Waals surface area contributed by atoms with E-state index in [2.05, 4.69) is 21.0 Å². The first-order valence-corrected chi connectivity index (χ1v) is 9.40. The first kappa shape index (κ1) is 18.2. The van der Waals surface area contributed by atoms with E-state index in [-0.39, 0.29) is 11.5 Å². The maximum Gasteiger partial charge on any atom is 0.282 e. The standard InChI is InChI=1S/C21H15BrN2O4/c1-2-28-17-10-12(9-16(22)19(17)25)11-23-24-20(26)14-7-3-5-13-6-4-8-15(18(13)14)21(24)27/h3-11,25H,2H2,1H3/b23-11-. The van der Waals surface area contributed by atoms with Crippen LogP contribution in [0.3, 0.4) is 0 Å². The summed E-state index contributed by atoms with van der Waals surface area (Å²) >= 11 is 3.26. The number of halogens is 1. The van der Waals surface area contributed by atoms with Crippen LogP contribution in [0.1, 0.15) is 33.2 Å². The number of imide groups is 1. The van der Waals surface area contributed by atoms with Gasteiger partial charge in [0.2, 0.25) is 0 Å². The molecule has 0 bridgehead atoms. The fourth-order valence-electron chi connectivity index (χ4n) is 3.18. The molecule has 1 aliphatic rings. The van der Waals surface area contributed by atoms with Crippen LogP contribution in [-0.2, 0) is 0 Å². The maximum atomic E-state index is 12.8. The number of phenols is 1. The number of hydrazone groups is 1. The Morgan fingerprint density at radius 2 is 1.75 bits per heavy atom. The van der Waals surface area contributed by atoms with E-state index in [9.17, 15) is 14.7 Å². The van der Waals surface area contributed by atoms with Gasteiger partial charge in [0, 0.05) is 5.39 Å². The Balaban J connectivity index is 1.74. The van der Waals surface area contributed by atoms with Crippen molar-refractivity contribution in [3.63, 3.8) is 0 Å². The van der Waals surface area contributed by atoms with Crippen LogP contribution >= 0.6 is 15.9 Å². The lowest BCUT2D eigenvalue weighted by Gasteiger charge is -2.23. The lowest BCUT2D eigenvalue weighted by atomic mass is 9.95. The van der Waals surface area contributed by atoms with E-state index in [1.54, 1.807) is 43.3 Å². The highest BCUT2D eigenvalue weighted by atomic mass is 79.9. The smallest absolute Gasteiger partial charge is 0.282 e. The number of amides is 2. The Morgan fingerprint density at radius 1 is 1.11 bits per heavy atom. The van der Waals surface area contributed by atoms with Crippen LogP contribution in [0.2, 0.25) is 0 Å². The number of hydrogen-bond acceptors (Lipinski definition) is 5. The number of carbonyl (C=O) groups is 2. The molecule has 2 amide bonds. The molecule has 0 saturated heterocycles. The van der Waals surface area contributed by atoms with Gasteiger partial charge in [-0.3, -0.25) is 9.59 Å². The molecule has 0 aliphatic carbocycles. The quantitative estimate of drug-likeness (QED) is 0.485. The molecule has 0 saturated carbocycles. The summed E-state index contributed by atoms with van der Waals surface area (Å²) in [6.07, 6.45) is 1.39. The van der Waals surface area contributed by atoms with Crippen molar-refractivity contribution in [3.8, 4) is 11.5 Å². The summed E-state index contributed by atoms with van der Waals surface area (Å²) in [5.74, 6) is -0.698. The number of nitrogens with zero attached hydrogens (tertiary/aromatic N) is 2. The van der Waals surface area contributed by atoms with Crippen LogP contribution in [0.25, 0.3) is 10.8 Å². The minimum atomic E-state index is -0.478. The van der Waals surface area contributed by atoms with E-state index in [0.29, 0.717) is 33.2 Å². The van der Waals surface area contributed by atoms with Crippen molar-refractivity contribution < 1.29 is 19.4 Å². The second-order valence-electron chi connectivity index (χ2n) is 6.16. The Hall–Kier alpha value is -3.19. The Kier molecular flexibility index (Phi) is 4.60. The molecule has 1 N–H and O–H groups in total. The van der Waals surface area contributed by atoms with E-state index in [1.807, 2.05) is 12.1 Å². The molecule has 0 spiro atoms. The van der Waals surface area contributed by atoms with Gasteiger partial charge in [0.15, 0.2) is 11.5 Å². The zero-order valence-electron chi connectivity index (χ0n) is 14.8. The fraction of sp³-hybridized carbons (Fsp3) is 0.0952. The Labute approximate surface area is 169 Å². The van der Waals surface area contributed by atoms with Gasteiger partial charge in [-0.25, -0.2) is 0 Å². The topological polar surface area (TPSA) is 79.2 Å². The predicted octanol–water partition coefficient (Wildman–Crippen LogP) is 4.34. The fourth-order valence-corrected chi connectivity index (χ4v) is 3.64. The largest absolute Gasteiger partial charge is 0.503 e. The SMILES string of the molecule is CCOc1cc(/C=N\N2C(=O)c3cccc4cccc(c34)C2=O)cc(Br)c1O. The zero-order chi connectivity index (χ0) is 19.8. The summed E-state index contributed by atoms with van der Waals surface area (Å²) in [5.41, 5.74) is 1.43. The van der Waals surface area contributed by atoms with Gasteiger partial charge < -0.3 is 9.84 Å². The van der Waals surface area contributed by atoms with Gasteiger partial charge >= 0.3 is 0 Å². The number of carbonyl (C=O) groups excluding carboxylic acids is 2. The van der Waals surface area contributed by atoms with Crippen molar-refractivity contribution >= 4 is 44.7 Å². The van der Waals surface area contributed by atoms with Crippen LogP contribution in [0.4, 0.5) is 0 Å². The molecule has 1 heterocycles. The van der Waals surface area contributed by atoms with Gasteiger partial charge in [0.05, 0.1) is 28.4 Å². The average Bonchev–Trinajstić information content (AvgIpc) is 2.69. The molecular weight excluding hydrogens is 424 g/mol. The van der Waals surface area contributed by atoms with Crippen LogP contribution in [0.15, 0.2) is 58.1 Å². The summed E-state index contributed by atoms with van der Waals surface area (Å²) in [4.78, 5) is 25.7. The van der Waals surface area contributed by atoms with Crippen LogP contribution < -0.4 is 4.74 Å². The van der Waals surface area contributed by atoms with Gasteiger partial charge in [-0.05, 0) is 58.1 Å². The molecule has 140 valence electrons. The number of aromatic hydroxyl groups is 1. The number of benzene rings is 3. The molecule has 0 atom stereocenters. The average molecular weight is 439 g/mol. The lowest BCUT2D eigenvalue weighted by molar-refractivity contribution is 0.0616. The second kappa shape index (κ2) is 7.09. The highest BCUT2D eigenvalue weighted by Crippen LogP contribution is 2.35. The third kappa shape index (κ3) is 2.93. The molecular formula is C21H15BrN2O4. The molecule has 7 heteroatoms. The van der Waals surface area contributed by atoms with E-state index in [1.165, 1.54) is 6.21 Å². The van der Waals surface area contributed by atoms with E-state index in [0.717, 1.165) is 10.4 Å². The molecule has 0 unspecified atom stereocenters. The van der Waals surface area contributed by atoms with Gasteiger partial charge in [0.1, 0.15) is 0 Å². The monoisotopic (exact) mass is 438 g/mol. The normalized spacial score (nSPS) is 13.6. The van der Waals surface area contributed by atoms with E-state index in [4.69, 9.17) is 4.74 Å². The summed E-state index contributed by atoms with van der Waals surface area (Å²) in [5, 5.41) is 16.5. The molecule has 3 aromatic carbocycles. The highest BCUT2D eigenvalue weighted by Gasteiger charge is 2.32. The van der Waals surface area contributed by atoms with Gasteiger partial charge in [-0.15, -0.1) is 0 Å². The van der Waals surface area contributed by atoms with Crippen molar-refractivity contribution in [2.24, 2.45) is 5.10 Å². The second-order valence-corrected chi connectivity index (χ2v) is 7.01. The number of rotatable bonds is 4. The first-order chi connectivity index (χ1) is 13.5. The molecule has 28 heavy (non-hydrogen) atoms. The van der Waals surface area contributed by atoms with Crippen molar-refractivity contribution in [3.05, 3.63) is 69.7 Å². The molecule has 6 nitrogen and oxygen atoms in total. The number of phenolic OH excluding ortho intramolecular Hbond substituents is 1. The molecule has 0 aromatic heterocycles. The molecule has 1 aliphatic heterocycles. The summed E-state index contributed by atoms with van der Waals surface area (Å²) in [6.45, 7) is 2.18. The van der Waals surface area contributed by atoms with E-state index < -0.39 is 11.8 Å². The molecule has 0 fully saturated rings. The first-order valence-electron chi connectivity index (χ1n) is 8.61. The van der Waals surface area contributed by atoms with Crippen molar-refractivity contribution in [2.45, 2.75) is 6.92 Å². The third-order valence-electron chi connectivity index (χ3n) is 4.42. The molecule has 0 radical (unpaired) electrons. The number of hydrogen-bond donors (Lipinski definition) is 1. The Morgan fingerprint density at radius 3 is 2.36 bits per heavy atom. The van der Waals surface area contributed by atoms with Crippen molar-refractivity contribution in [1.82, 2.24) is 5.01 Å².